The highest BCUT2D eigenvalue weighted by atomic mass is 31.2. The highest BCUT2D eigenvalue weighted by molar-refractivity contribution is 7.38. The van der Waals surface area contributed by atoms with Crippen LogP contribution in [0.15, 0.2) is 83.8 Å². The van der Waals surface area contributed by atoms with Gasteiger partial charge in [-0.15, -0.1) is 0 Å². The average molecular weight is 467 g/mol. The van der Waals surface area contributed by atoms with Gasteiger partial charge in [-0.1, -0.05) is 60.7 Å². The fourth-order valence-corrected chi connectivity index (χ4v) is 3.54. The topological polar surface area (TPSA) is 104 Å². The SMILES string of the molecule is O=C1C=C(N2CC2)C(=O)C(N2CC2)=C1N1CC1.OP(O)O.c1ccc(-c2ccccc2)cc1. The predicted octanol–water partition coefficient (Wildman–Crippen LogP) is 1.72. The molecule has 8 nitrogen and oxygen atoms in total. The molecule has 3 N–H and O–H groups in total. The van der Waals surface area contributed by atoms with Gasteiger partial charge in [0.15, 0.2) is 0 Å². The van der Waals surface area contributed by atoms with Crippen LogP contribution < -0.4 is 0 Å². The second-order valence-electron chi connectivity index (χ2n) is 7.88. The molecule has 33 heavy (non-hydrogen) atoms. The molecule has 2 aromatic rings. The van der Waals surface area contributed by atoms with Crippen LogP contribution >= 0.6 is 8.60 Å². The van der Waals surface area contributed by atoms with Gasteiger partial charge < -0.3 is 29.4 Å². The molecule has 9 heteroatoms. The first-order valence-electron chi connectivity index (χ1n) is 10.7. The number of benzene rings is 2. The fourth-order valence-electron chi connectivity index (χ4n) is 3.54. The van der Waals surface area contributed by atoms with Gasteiger partial charge in [0, 0.05) is 45.3 Å². The molecule has 2 aromatic carbocycles. The number of ketones is 2. The van der Waals surface area contributed by atoms with Gasteiger partial charge in [0.25, 0.3) is 0 Å². The lowest BCUT2D eigenvalue weighted by Crippen LogP contribution is -2.29. The van der Waals surface area contributed by atoms with E-state index in [1.54, 1.807) is 0 Å². The van der Waals surface area contributed by atoms with Crippen LogP contribution in [-0.4, -0.2) is 80.2 Å². The van der Waals surface area contributed by atoms with Crippen LogP contribution in [0.3, 0.4) is 0 Å². The lowest BCUT2D eigenvalue weighted by Gasteiger charge is -2.21. The van der Waals surface area contributed by atoms with Crippen molar-refractivity contribution in [2.45, 2.75) is 0 Å². The van der Waals surface area contributed by atoms with E-state index in [0.717, 1.165) is 39.3 Å². The molecule has 0 atom stereocenters. The van der Waals surface area contributed by atoms with Crippen LogP contribution in [0.4, 0.5) is 0 Å². The van der Waals surface area contributed by atoms with Gasteiger partial charge in [-0.25, -0.2) is 0 Å². The summed E-state index contributed by atoms with van der Waals surface area (Å²) < 4.78 is 0. The monoisotopic (exact) mass is 467 g/mol. The van der Waals surface area contributed by atoms with Crippen molar-refractivity contribution in [2.75, 3.05) is 39.3 Å². The highest BCUT2D eigenvalue weighted by Gasteiger charge is 2.43. The normalized spacial score (nSPS) is 18.3. The quantitative estimate of drug-likeness (QED) is 0.355. The number of hydrogen-bond acceptors (Lipinski definition) is 8. The van der Waals surface area contributed by atoms with Gasteiger partial charge >= 0.3 is 8.60 Å². The fraction of sp³-hybridized carbons (Fsp3) is 0.250. The van der Waals surface area contributed by atoms with Gasteiger partial charge in [0.2, 0.25) is 11.6 Å². The number of allylic oxidation sites excluding steroid dienone is 1. The minimum Gasteiger partial charge on any atom is -0.365 e. The van der Waals surface area contributed by atoms with Crippen LogP contribution in [-0.2, 0) is 9.59 Å². The van der Waals surface area contributed by atoms with Crippen molar-refractivity contribution in [1.82, 2.24) is 14.7 Å². The highest BCUT2D eigenvalue weighted by Crippen LogP contribution is 2.33. The van der Waals surface area contributed by atoms with Gasteiger partial charge in [-0.2, -0.15) is 0 Å². The van der Waals surface area contributed by atoms with E-state index < -0.39 is 8.60 Å². The van der Waals surface area contributed by atoms with Crippen molar-refractivity contribution in [3.63, 3.8) is 0 Å². The maximum Gasteiger partial charge on any atom is 0.324 e. The lowest BCUT2D eigenvalue weighted by atomic mass is 10.0. The molecule has 1 aliphatic carbocycles. The summed E-state index contributed by atoms with van der Waals surface area (Å²) in [5.41, 5.74) is 4.44. The Balaban J connectivity index is 0.000000142. The Bertz CT molecular complexity index is 1020. The first-order valence-corrected chi connectivity index (χ1v) is 11.9. The Morgan fingerprint density at radius 3 is 1.39 bits per heavy atom. The van der Waals surface area contributed by atoms with Crippen LogP contribution in [0.25, 0.3) is 11.1 Å². The Kier molecular flexibility index (Phi) is 7.20. The van der Waals surface area contributed by atoms with Crippen LogP contribution in [0, 0.1) is 0 Å². The summed E-state index contributed by atoms with van der Waals surface area (Å²) in [5.74, 6) is 0.0485. The van der Waals surface area contributed by atoms with E-state index in [2.05, 4.69) is 48.5 Å². The van der Waals surface area contributed by atoms with Crippen molar-refractivity contribution >= 4 is 20.2 Å². The molecule has 172 valence electrons. The number of carbonyl (C=O) groups is 2. The molecule has 3 heterocycles. The average Bonchev–Trinajstić information content (AvgIpc) is 3.64. The Morgan fingerprint density at radius 1 is 0.606 bits per heavy atom. The van der Waals surface area contributed by atoms with Gasteiger partial charge in [0.1, 0.15) is 11.4 Å². The molecule has 3 saturated heterocycles. The number of nitrogens with zero attached hydrogens (tertiary/aromatic N) is 3. The minimum absolute atomic E-state index is 0.00546. The molecule has 3 fully saturated rings. The van der Waals surface area contributed by atoms with Crippen LogP contribution in [0.2, 0.25) is 0 Å². The Hall–Kier alpha value is -3.03. The second kappa shape index (κ2) is 10.3. The van der Waals surface area contributed by atoms with Gasteiger partial charge in [-0.3, -0.25) is 9.59 Å². The molecule has 0 saturated carbocycles. The molecule has 0 spiro atoms. The van der Waals surface area contributed by atoms with Crippen molar-refractivity contribution < 1.29 is 24.3 Å². The number of hydrogen-bond donors (Lipinski definition) is 3. The Morgan fingerprint density at radius 2 is 1.00 bits per heavy atom. The minimum atomic E-state index is -2.62. The van der Waals surface area contributed by atoms with E-state index >= 15 is 0 Å². The first kappa shape index (κ1) is 23.1. The zero-order valence-electron chi connectivity index (χ0n) is 18.0. The third kappa shape index (κ3) is 6.27. The van der Waals surface area contributed by atoms with Crippen molar-refractivity contribution in [3.8, 4) is 11.1 Å². The van der Waals surface area contributed by atoms with Gasteiger partial charge in [0.05, 0.1) is 5.70 Å². The molecule has 0 unspecified atom stereocenters. The van der Waals surface area contributed by atoms with Crippen LogP contribution in [0.1, 0.15) is 0 Å². The summed E-state index contributed by atoms with van der Waals surface area (Å²) in [6.45, 7) is 5.41. The predicted molar refractivity (Wildman–Crippen MR) is 125 cm³/mol. The van der Waals surface area contributed by atoms with E-state index in [-0.39, 0.29) is 11.6 Å². The summed E-state index contributed by atoms with van der Waals surface area (Å²) in [6.07, 6.45) is 1.52. The first-order chi connectivity index (χ1) is 16.0. The second-order valence-corrected chi connectivity index (χ2v) is 8.42. The molecule has 0 bridgehead atoms. The molecule has 0 radical (unpaired) electrons. The largest absolute Gasteiger partial charge is 0.365 e. The Labute approximate surface area is 193 Å². The van der Waals surface area contributed by atoms with Gasteiger partial charge in [-0.05, 0) is 11.1 Å². The molecule has 0 aromatic heterocycles. The zero-order chi connectivity index (χ0) is 23.4. The number of carbonyl (C=O) groups excluding carboxylic acids is 2. The summed E-state index contributed by atoms with van der Waals surface area (Å²) in [6, 6.07) is 20.8. The van der Waals surface area contributed by atoms with E-state index in [1.165, 1.54) is 17.2 Å². The molecule has 3 aliphatic heterocycles. The molecule has 0 amide bonds. The lowest BCUT2D eigenvalue weighted by molar-refractivity contribution is -0.117. The molecular formula is C24H26N3O5P. The molecule has 6 rings (SSSR count). The summed E-state index contributed by atoms with van der Waals surface area (Å²) in [5, 5.41) is 0. The maximum atomic E-state index is 12.4. The smallest absolute Gasteiger partial charge is 0.324 e. The molecule has 4 aliphatic rings. The van der Waals surface area contributed by atoms with E-state index in [9.17, 15) is 9.59 Å². The van der Waals surface area contributed by atoms with Crippen molar-refractivity contribution in [1.29, 1.82) is 0 Å². The van der Waals surface area contributed by atoms with E-state index in [0.29, 0.717) is 17.1 Å². The summed E-state index contributed by atoms with van der Waals surface area (Å²) in [4.78, 5) is 52.2. The van der Waals surface area contributed by atoms with E-state index in [4.69, 9.17) is 14.7 Å². The zero-order valence-corrected chi connectivity index (χ0v) is 18.9. The van der Waals surface area contributed by atoms with E-state index in [1.807, 2.05) is 26.8 Å². The van der Waals surface area contributed by atoms with Crippen molar-refractivity contribution in [3.05, 3.63) is 83.8 Å². The summed E-state index contributed by atoms with van der Waals surface area (Å²) >= 11 is 0. The van der Waals surface area contributed by atoms with Crippen molar-refractivity contribution in [2.24, 2.45) is 0 Å². The number of Topliss-reactive ketones (excluding diaryl/α,β-unsaturated/α-hetero) is 1. The third-order valence-electron chi connectivity index (χ3n) is 5.37. The third-order valence-corrected chi connectivity index (χ3v) is 5.37. The standard InChI is InChI=1S/C12H13N3O2.C12H10.H3O3P/c16-9-7-8(13-1-2-13)12(17)11(15-5-6-15)10(9)14-3-4-14;1-3-7-11(8-4-1)12-9-5-2-6-10-12;1-4(2)3/h7H,1-6H2;1-10H;1-3H. The summed E-state index contributed by atoms with van der Waals surface area (Å²) in [7, 11) is -2.62. The maximum absolute atomic E-state index is 12.4. The number of rotatable bonds is 4. The van der Waals surface area contributed by atoms with Crippen LogP contribution in [0.5, 0.6) is 0 Å². The molecular weight excluding hydrogens is 441 g/mol.